The van der Waals surface area contributed by atoms with E-state index >= 15 is 4.39 Å². The molecule has 2 atom stereocenters. The molecule has 0 aliphatic carbocycles. The molecule has 2 aliphatic heterocycles. The van der Waals surface area contributed by atoms with E-state index in [1.807, 2.05) is 0 Å². The molecule has 1 fully saturated rings. The van der Waals surface area contributed by atoms with Crippen molar-refractivity contribution in [3.63, 3.8) is 0 Å². The van der Waals surface area contributed by atoms with Crippen LogP contribution < -0.4 is 5.32 Å². The second kappa shape index (κ2) is 9.39. The number of hydrogen-bond donors (Lipinski definition) is 3. The maximum Gasteiger partial charge on any atom is 0.257 e. The van der Waals surface area contributed by atoms with E-state index < -0.39 is 23.1 Å². The number of aromatic nitrogens is 1. The molecule has 2 aromatic carbocycles. The van der Waals surface area contributed by atoms with Gasteiger partial charge in [-0.3, -0.25) is 14.7 Å². The van der Waals surface area contributed by atoms with E-state index in [1.54, 1.807) is 43.3 Å². The molecule has 0 radical (unpaired) electrons. The van der Waals surface area contributed by atoms with Crippen molar-refractivity contribution in [1.29, 1.82) is 0 Å². The molecular weight excluding hydrogens is 504 g/mol. The fourth-order valence-electron chi connectivity index (χ4n) is 5.30. The van der Waals surface area contributed by atoms with Crippen LogP contribution in [0.3, 0.4) is 0 Å². The highest BCUT2D eigenvalue weighted by Crippen LogP contribution is 2.47. The number of rotatable bonds is 5. The van der Waals surface area contributed by atoms with Crippen molar-refractivity contribution in [2.24, 2.45) is 5.92 Å². The Morgan fingerprint density at radius 2 is 1.81 bits per heavy atom. The predicted octanol–water partition coefficient (Wildman–Crippen LogP) is 4.58. The first-order valence-electron chi connectivity index (χ1n) is 11.8. The summed E-state index contributed by atoms with van der Waals surface area (Å²) in [4.78, 5) is 19.2. The molecule has 6 nitrogen and oxygen atoms in total. The third-order valence-corrected chi connectivity index (χ3v) is 7.85. The van der Waals surface area contributed by atoms with Crippen molar-refractivity contribution in [2.45, 2.75) is 37.6 Å². The topological polar surface area (TPSA) is 85.7 Å². The predicted molar refractivity (Wildman–Crippen MR) is 135 cm³/mol. The van der Waals surface area contributed by atoms with Crippen molar-refractivity contribution in [3.05, 3.63) is 98.5 Å². The van der Waals surface area contributed by atoms with Gasteiger partial charge in [-0.1, -0.05) is 35.3 Å². The summed E-state index contributed by atoms with van der Waals surface area (Å²) in [6.45, 7) is 3.07. The molecule has 0 spiro atoms. The third kappa shape index (κ3) is 4.19. The molecule has 3 aromatic rings. The monoisotopic (exact) mass is 529 g/mol. The minimum Gasteiger partial charge on any atom is -0.385 e. The Labute approximate surface area is 218 Å². The smallest absolute Gasteiger partial charge is 0.257 e. The number of fused-ring (bicyclic) bond motifs is 1. The zero-order chi connectivity index (χ0) is 25.7. The third-order valence-electron chi connectivity index (χ3n) is 7.38. The maximum absolute atomic E-state index is 15.9. The van der Waals surface area contributed by atoms with Crippen LogP contribution in [0, 0.1) is 11.7 Å². The van der Waals surface area contributed by atoms with Crippen molar-refractivity contribution < 1.29 is 19.4 Å². The number of pyridine rings is 1. The fourth-order valence-corrected chi connectivity index (χ4v) is 5.54. The largest absolute Gasteiger partial charge is 0.385 e. The highest BCUT2D eigenvalue weighted by Gasteiger charge is 2.53. The first kappa shape index (κ1) is 25.1. The van der Waals surface area contributed by atoms with E-state index in [1.165, 1.54) is 23.2 Å². The normalized spacial score (nSPS) is 21.9. The minimum absolute atomic E-state index is 0.00521. The average Bonchev–Trinajstić information content (AvgIpc) is 3.09. The van der Waals surface area contributed by atoms with Gasteiger partial charge in [-0.15, -0.1) is 0 Å². The lowest BCUT2D eigenvalue weighted by molar-refractivity contribution is -0.0568. The standard InChI is InChI=1S/C27H26Cl2FN3O3/c1-26(35,16-8-10-31-11-9-16)18-12-22-24(23(30)13-18)27(36,17-2-4-19(28)5-3-17)33(25(22)34)15-21-7-6-20(29)14-32-21/h2-7,12-14,16,31,35-36H,8-11,15H2,1H3. The van der Waals surface area contributed by atoms with Gasteiger partial charge in [0, 0.05) is 16.8 Å². The SMILES string of the molecule is CC(O)(c1cc(F)c2c(c1)C(=O)N(Cc1ccc(Cl)cn1)C2(O)c1ccc(Cl)cc1)C1CCNCC1. The molecule has 36 heavy (non-hydrogen) atoms. The molecule has 2 aliphatic rings. The molecular formula is C27H26Cl2FN3O3. The van der Waals surface area contributed by atoms with E-state index in [9.17, 15) is 15.0 Å². The Balaban J connectivity index is 1.64. The summed E-state index contributed by atoms with van der Waals surface area (Å²) in [6, 6.07) is 12.3. The van der Waals surface area contributed by atoms with Crippen molar-refractivity contribution in [1.82, 2.24) is 15.2 Å². The van der Waals surface area contributed by atoms with E-state index in [0.29, 0.717) is 21.3 Å². The van der Waals surface area contributed by atoms with Crippen LogP contribution >= 0.6 is 23.2 Å². The van der Waals surface area contributed by atoms with Crippen LogP contribution in [0.5, 0.6) is 0 Å². The van der Waals surface area contributed by atoms with Gasteiger partial charge in [-0.2, -0.15) is 0 Å². The highest BCUT2D eigenvalue weighted by atomic mass is 35.5. The van der Waals surface area contributed by atoms with Gasteiger partial charge in [0.15, 0.2) is 5.72 Å². The van der Waals surface area contributed by atoms with Gasteiger partial charge in [0.05, 0.1) is 34.0 Å². The number of nitrogens with zero attached hydrogens (tertiary/aromatic N) is 2. The molecule has 0 saturated carbocycles. The molecule has 1 saturated heterocycles. The fraction of sp³-hybridized carbons (Fsp3) is 0.333. The summed E-state index contributed by atoms with van der Waals surface area (Å²) in [7, 11) is 0. The van der Waals surface area contributed by atoms with E-state index in [2.05, 4.69) is 10.3 Å². The number of piperidine rings is 1. The Kier molecular flexibility index (Phi) is 6.55. The van der Waals surface area contributed by atoms with Crippen molar-refractivity contribution in [3.8, 4) is 0 Å². The minimum atomic E-state index is -2.11. The van der Waals surface area contributed by atoms with E-state index in [4.69, 9.17) is 23.2 Å². The molecule has 5 rings (SSSR count). The van der Waals surface area contributed by atoms with Crippen LogP contribution in [-0.2, 0) is 17.9 Å². The zero-order valence-electron chi connectivity index (χ0n) is 19.6. The van der Waals surface area contributed by atoms with Gasteiger partial charge in [0.1, 0.15) is 5.82 Å². The van der Waals surface area contributed by atoms with Gasteiger partial charge in [-0.25, -0.2) is 4.39 Å². The number of nitrogens with one attached hydrogen (secondary N) is 1. The van der Waals surface area contributed by atoms with Gasteiger partial charge in [0.2, 0.25) is 0 Å². The summed E-state index contributed by atoms with van der Waals surface area (Å²) in [5.74, 6) is -1.44. The second-order valence-electron chi connectivity index (χ2n) is 9.59. The lowest BCUT2D eigenvalue weighted by Crippen LogP contribution is -2.44. The number of benzene rings is 2. The van der Waals surface area contributed by atoms with Gasteiger partial charge in [0.25, 0.3) is 5.91 Å². The highest BCUT2D eigenvalue weighted by molar-refractivity contribution is 6.30. The lowest BCUT2D eigenvalue weighted by Gasteiger charge is -2.37. The molecule has 1 amide bonds. The summed E-state index contributed by atoms with van der Waals surface area (Å²) in [5, 5.41) is 27.6. The van der Waals surface area contributed by atoms with Gasteiger partial charge in [-0.05, 0) is 80.7 Å². The maximum atomic E-state index is 15.9. The molecule has 2 unspecified atom stereocenters. The first-order chi connectivity index (χ1) is 17.1. The quantitative estimate of drug-likeness (QED) is 0.450. The van der Waals surface area contributed by atoms with Crippen molar-refractivity contribution >= 4 is 29.1 Å². The lowest BCUT2D eigenvalue weighted by atomic mass is 9.76. The molecule has 9 heteroatoms. The molecule has 0 bridgehead atoms. The van der Waals surface area contributed by atoms with Crippen LogP contribution in [0.4, 0.5) is 4.39 Å². The number of carbonyl (C=O) groups excluding carboxylic acids is 1. The Bertz CT molecular complexity index is 1290. The zero-order valence-corrected chi connectivity index (χ0v) is 21.2. The van der Waals surface area contributed by atoms with Crippen LogP contribution in [-0.4, -0.2) is 39.1 Å². The van der Waals surface area contributed by atoms with Gasteiger partial charge < -0.3 is 15.5 Å². The summed E-state index contributed by atoms with van der Waals surface area (Å²) < 4.78 is 15.9. The molecule has 188 valence electrons. The number of hydrogen-bond acceptors (Lipinski definition) is 5. The van der Waals surface area contributed by atoms with E-state index in [-0.39, 0.29) is 29.2 Å². The summed E-state index contributed by atoms with van der Waals surface area (Å²) >= 11 is 12.0. The number of carbonyl (C=O) groups is 1. The Hall–Kier alpha value is -2.55. The molecule has 1 aromatic heterocycles. The summed E-state index contributed by atoms with van der Waals surface area (Å²) in [6.07, 6.45) is 2.90. The average molecular weight is 530 g/mol. The van der Waals surface area contributed by atoms with Crippen LogP contribution in [0.2, 0.25) is 10.0 Å². The van der Waals surface area contributed by atoms with Crippen LogP contribution in [0.15, 0.2) is 54.7 Å². The number of halogens is 3. The Morgan fingerprint density at radius 3 is 2.44 bits per heavy atom. The number of amides is 1. The molecule has 3 heterocycles. The number of aliphatic hydroxyl groups is 2. The van der Waals surface area contributed by atoms with Gasteiger partial charge >= 0.3 is 0 Å². The van der Waals surface area contributed by atoms with Crippen molar-refractivity contribution in [2.75, 3.05) is 13.1 Å². The Morgan fingerprint density at radius 1 is 1.14 bits per heavy atom. The van der Waals surface area contributed by atoms with Crippen LogP contribution in [0.1, 0.15) is 52.5 Å². The summed E-state index contributed by atoms with van der Waals surface area (Å²) in [5.41, 5.74) is -2.55. The van der Waals surface area contributed by atoms with Crippen LogP contribution in [0.25, 0.3) is 0 Å². The molecule has 3 N–H and O–H groups in total. The first-order valence-corrected chi connectivity index (χ1v) is 12.6. The second-order valence-corrected chi connectivity index (χ2v) is 10.5. The van der Waals surface area contributed by atoms with E-state index in [0.717, 1.165) is 25.9 Å².